The fraction of sp³-hybridized carbons (Fsp3) is 0.357. The zero-order chi connectivity index (χ0) is 13.9. The van der Waals surface area contributed by atoms with Crippen LogP contribution in [0.1, 0.15) is 29.6 Å². The molecule has 1 aliphatic carbocycles. The van der Waals surface area contributed by atoms with E-state index in [0.29, 0.717) is 11.3 Å². The molecule has 2 aromatic rings. The Kier molecular flexibility index (Phi) is 3.47. The molecular formula is C14H17N5O. The van der Waals surface area contributed by atoms with Crippen molar-refractivity contribution in [1.82, 2.24) is 20.3 Å². The van der Waals surface area contributed by atoms with Gasteiger partial charge in [0.15, 0.2) is 0 Å². The number of aromatic nitrogens is 3. The van der Waals surface area contributed by atoms with Crippen molar-refractivity contribution in [1.29, 1.82) is 0 Å². The molecule has 104 valence electrons. The van der Waals surface area contributed by atoms with Gasteiger partial charge in [-0.15, -0.1) is 0 Å². The highest BCUT2D eigenvalue weighted by Crippen LogP contribution is 2.19. The summed E-state index contributed by atoms with van der Waals surface area (Å²) in [4.78, 5) is 13.9. The molecule has 2 atom stereocenters. The summed E-state index contributed by atoms with van der Waals surface area (Å²) < 4.78 is 0. The SMILES string of the molecule is N[C@@H]1CCC[C@H]1NC(=O)c1ccccc1-n1nccn1. The van der Waals surface area contributed by atoms with Crippen LogP contribution in [0.2, 0.25) is 0 Å². The smallest absolute Gasteiger partial charge is 0.253 e. The maximum atomic E-state index is 12.4. The van der Waals surface area contributed by atoms with Crippen LogP contribution in [-0.4, -0.2) is 33.0 Å². The van der Waals surface area contributed by atoms with Crippen molar-refractivity contribution in [3.63, 3.8) is 0 Å². The van der Waals surface area contributed by atoms with Crippen molar-refractivity contribution >= 4 is 5.91 Å². The van der Waals surface area contributed by atoms with E-state index in [1.165, 1.54) is 4.80 Å². The molecule has 6 heteroatoms. The summed E-state index contributed by atoms with van der Waals surface area (Å²) in [6.45, 7) is 0. The lowest BCUT2D eigenvalue weighted by Crippen LogP contribution is -2.44. The molecule has 0 aliphatic heterocycles. The van der Waals surface area contributed by atoms with Crippen molar-refractivity contribution in [3.8, 4) is 5.69 Å². The van der Waals surface area contributed by atoms with Gasteiger partial charge in [0.1, 0.15) is 0 Å². The highest BCUT2D eigenvalue weighted by atomic mass is 16.1. The monoisotopic (exact) mass is 271 g/mol. The van der Waals surface area contributed by atoms with Crippen LogP contribution in [0.4, 0.5) is 0 Å². The maximum absolute atomic E-state index is 12.4. The summed E-state index contributed by atoms with van der Waals surface area (Å²) in [6.07, 6.45) is 6.14. The molecule has 0 unspecified atom stereocenters. The number of nitrogens with zero attached hydrogens (tertiary/aromatic N) is 3. The van der Waals surface area contributed by atoms with E-state index in [9.17, 15) is 4.79 Å². The predicted molar refractivity (Wildman–Crippen MR) is 74.4 cm³/mol. The second-order valence-electron chi connectivity index (χ2n) is 5.01. The zero-order valence-corrected chi connectivity index (χ0v) is 11.1. The van der Waals surface area contributed by atoms with Gasteiger partial charge in [0.25, 0.3) is 5.91 Å². The first-order valence-corrected chi connectivity index (χ1v) is 6.78. The number of nitrogens with one attached hydrogen (secondary N) is 1. The molecule has 0 spiro atoms. The van der Waals surface area contributed by atoms with Crippen LogP contribution in [-0.2, 0) is 0 Å². The van der Waals surface area contributed by atoms with E-state index < -0.39 is 0 Å². The van der Waals surface area contributed by atoms with E-state index in [0.717, 1.165) is 19.3 Å². The van der Waals surface area contributed by atoms with Crippen molar-refractivity contribution in [2.45, 2.75) is 31.3 Å². The van der Waals surface area contributed by atoms with Gasteiger partial charge in [-0.25, -0.2) is 0 Å². The average molecular weight is 271 g/mol. The maximum Gasteiger partial charge on any atom is 0.253 e. The zero-order valence-electron chi connectivity index (χ0n) is 11.1. The minimum Gasteiger partial charge on any atom is -0.348 e. The molecule has 0 bridgehead atoms. The lowest BCUT2D eigenvalue weighted by Gasteiger charge is -2.18. The molecule has 1 amide bonds. The van der Waals surface area contributed by atoms with Gasteiger partial charge in [-0.05, 0) is 31.4 Å². The van der Waals surface area contributed by atoms with Crippen molar-refractivity contribution < 1.29 is 4.79 Å². The summed E-state index contributed by atoms with van der Waals surface area (Å²) in [7, 11) is 0. The molecule has 6 nitrogen and oxygen atoms in total. The molecule has 3 N–H and O–H groups in total. The Morgan fingerprint density at radius 2 is 2.00 bits per heavy atom. The largest absolute Gasteiger partial charge is 0.348 e. The Bertz CT molecular complexity index is 595. The number of carbonyl (C=O) groups excluding carboxylic acids is 1. The fourth-order valence-electron chi connectivity index (χ4n) is 2.59. The Morgan fingerprint density at radius 3 is 2.70 bits per heavy atom. The molecule has 20 heavy (non-hydrogen) atoms. The topological polar surface area (TPSA) is 85.8 Å². The van der Waals surface area contributed by atoms with E-state index in [1.54, 1.807) is 18.5 Å². The molecule has 0 saturated heterocycles. The molecule has 1 aromatic carbocycles. The number of hydrogen-bond acceptors (Lipinski definition) is 4. The summed E-state index contributed by atoms with van der Waals surface area (Å²) in [5.41, 5.74) is 7.22. The van der Waals surface area contributed by atoms with Crippen LogP contribution < -0.4 is 11.1 Å². The fourth-order valence-corrected chi connectivity index (χ4v) is 2.59. The van der Waals surface area contributed by atoms with Crippen LogP contribution in [0.15, 0.2) is 36.7 Å². The van der Waals surface area contributed by atoms with Crippen LogP contribution in [0.5, 0.6) is 0 Å². The number of rotatable bonds is 3. The Labute approximate surface area is 117 Å². The number of nitrogens with two attached hydrogens (primary N) is 1. The van der Waals surface area contributed by atoms with E-state index >= 15 is 0 Å². The molecule has 1 saturated carbocycles. The van der Waals surface area contributed by atoms with Gasteiger partial charge >= 0.3 is 0 Å². The number of benzene rings is 1. The standard InChI is InChI=1S/C14H17N5O/c15-11-5-3-6-12(11)18-14(20)10-4-1-2-7-13(10)19-16-8-9-17-19/h1-2,4,7-9,11-12H,3,5-6,15H2,(H,18,20)/t11-,12-/m1/s1. The van der Waals surface area contributed by atoms with Gasteiger partial charge in [0.05, 0.1) is 23.6 Å². The lowest BCUT2D eigenvalue weighted by molar-refractivity contribution is 0.0934. The molecule has 1 fully saturated rings. The first kappa shape index (κ1) is 12.8. The lowest BCUT2D eigenvalue weighted by atomic mass is 10.1. The number of amides is 1. The molecule has 1 aliphatic rings. The third kappa shape index (κ3) is 2.42. The van der Waals surface area contributed by atoms with Crippen LogP contribution in [0.3, 0.4) is 0 Å². The predicted octanol–water partition coefficient (Wildman–Crippen LogP) is 0.877. The van der Waals surface area contributed by atoms with E-state index in [-0.39, 0.29) is 18.0 Å². The normalized spacial score (nSPS) is 21.9. The minimum absolute atomic E-state index is 0.0499. The number of para-hydroxylation sites is 1. The quantitative estimate of drug-likeness (QED) is 0.867. The summed E-state index contributed by atoms with van der Waals surface area (Å²) >= 11 is 0. The third-order valence-corrected chi connectivity index (χ3v) is 3.67. The van der Waals surface area contributed by atoms with Gasteiger partial charge in [-0.1, -0.05) is 12.1 Å². The summed E-state index contributed by atoms with van der Waals surface area (Å²) in [5.74, 6) is -0.125. The van der Waals surface area contributed by atoms with Crippen molar-refractivity contribution in [2.75, 3.05) is 0 Å². The van der Waals surface area contributed by atoms with E-state index in [2.05, 4.69) is 15.5 Å². The molecule has 1 heterocycles. The number of carbonyl (C=O) groups is 1. The van der Waals surface area contributed by atoms with E-state index in [1.807, 2.05) is 18.2 Å². The summed E-state index contributed by atoms with van der Waals surface area (Å²) in [5, 5.41) is 11.2. The van der Waals surface area contributed by atoms with Crippen LogP contribution >= 0.6 is 0 Å². The van der Waals surface area contributed by atoms with Gasteiger partial charge in [-0.2, -0.15) is 15.0 Å². The highest BCUT2D eigenvalue weighted by Gasteiger charge is 2.26. The van der Waals surface area contributed by atoms with Gasteiger partial charge in [0, 0.05) is 12.1 Å². The van der Waals surface area contributed by atoms with E-state index in [4.69, 9.17) is 5.73 Å². The van der Waals surface area contributed by atoms with Crippen molar-refractivity contribution in [3.05, 3.63) is 42.2 Å². The minimum atomic E-state index is -0.125. The molecule has 0 radical (unpaired) electrons. The third-order valence-electron chi connectivity index (χ3n) is 3.67. The van der Waals surface area contributed by atoms with Crippen molar-refractivity contribution in [2.24, 2.45) is 5.73 Å². The average Bonchev–Trinajstić information content (AvgIpc) is 3.11. The second kappa shape index (κ2) is 5.42. The summed E-state index contributed by atoms with van der Waals surface area (Å²) in [6, 6.07) is 7.39. The second-order valence-corrected chi connectivity index (χ2v) is 5.01. The Balaban J connectivity index is 1.85. The van der Waals surface area contributed by atoms with Gasteiger partial charge in [0.2, 0.25) is 0 Å². The molecule has 3 rings (SSSR count). The first-order valence-electron chi connectivity index (χ1n) is 6.78. The van der Waals surface area contributed by atoms with Gasteiger partial charge in [-0.3, -0.25) is 4.79 Å². The van der Waals surface area contributed by atoms with Crippen LogP contribution in [0, 0.1) is 0 Å². The van der Waals surface area contributed by atoms with Gasteiger partial charge < -0.3 is 11.1 Å². The first-order chi connectivity index (χ1) is 9.75. The van der Waals surface area contributed by atoms with Crippen LogP contribution in [0.25, 0.3) is 5.69 Å². The number of hydrogen-bond donors (Lipinski definition) is 2. The molecule has 1 aromatic heterocycles. The Hall–Kier alpha value is -2.21. The molecular weight excluding hydrogens is 254 g/mol. The Morgan fingerprint density at radius 1 is 1.25 bits per heavy atom. The highest BCUT2D eigenvalue weighted by molar-refractivity contribution is 5.97.